The number of aromatic nitrogens is 1. The molecule has 2 fully saturated rings. The smallest absolute Gasteiger partial charge is 0.272 e. The third-order valence-corrected chi connectivity index (χ3v) is 7.09. The third-order valence-electron chi connectivity index (χ3n) is 7.09. The number of aliphatic hydroxyl groups is 2. The molecule has 38 heavy (non-hydrogen) atoms. The predicted octanol–water partition coefficient (Wildman–Crippen LogP) is 3.73. The SMILES string of the molecule is COc1cc(C2CN(C(=O)c3cc(COC[C@@H](O)CO)ccn3)C2)ccc1OC(c1ccccc1)C1CC1. The minimum atomic E-state index is -0.918. The summed E-state index contributed by atoms with van der Waals surface area (Å²) in [4.78, 5) is 19.0. The number of amides is 1. The van der Waals surface area contributed by atoms with Gasteiger partial charge in [0.2, 0.25) is 0 Å². The van der Waals surface area contributed by atoms with Gasteiger partial charge in [0, 0.05) is 31.1 Å². The van der Waals surface area contributed by atoms with Crippen LogP contribution < -0.4 is 9.47 Å². The Morgan fingerprint density at radius 1 is 1.08 bits per heavy atom. The van der Waals surface area contributed by atoms with Crippen molar-refractivity contribution in [2.45, 2.75) is 37.6 Å². The van der Waals surface area contributed by atoms with Gasteiger partial charge in [0.15, 0.2) is 11.5 Å². The molecule has 2 N–H and O–H groups in total. The molecule has 8 heteroatoms. The average molecular weight is 519 g/mol. The first-order chi connectivity index (χ1) is 18.6. The lowest BCUT2D eigenvalue weighted by atomic mass is 9.90. The lowest BCUT2D eigenvalue weighted by Crippen LogP contribution is -2.48. The van der Waals surface area contributed by atoms with E-state index >= 15 is 0 Å². The van der Waals surface area contributed by atoms with Crippen molar-refractivity contribution in [1.82, 2.24) is 9.88 Å². The van der Waals surface area contributed by atoms with E-state index in [2.05, 4.69) is 23.2 Å². The molecular formula is C30H34N2O6. The van der Waals surface area contributed by atoms with Crippen molar-refractivity contribution in [2.24, 2.45) is 5.92 Å². The van der Waals surface area contributed by atoms with Gasteiger partial charge in [0.05, 0.1) is 26.9 Å². The molecule has 1 aliphatic heterocycles. The number of nitrogens with zero attached hydrogens (tertiary/aromatic N) is 2. The topological polar surface area (TPSA) is 101 Å². The summed E-state index contributed by atoms with van der Waals surface area (Å²) in [6, 6.07) is 19.9. The minimum absolute atomic E-state index is 0.0150. The number of hydrogen-bond donors (Lipinski definition) is 2. The molecule has 3 aromatic rings. The molecule has 1 saturated carbocycles. The summed E-state index contributed by atoms with van der Waals surface area (Å²) in [5.41, 5.74) is 3.44. The summed E-state index contributed by atoms with van der Waals surface area (Å²) in [5.74, 6) is 2.05. The van der Waals surface area contributed by atoms with Gasteiger partial charge < -0.3 is 29.3 Å². The first kappa shape index (κ1) is 26.2. The van der Waals surface area contributed by atoms with Crippen LogP contribution in [0.4, 0.5) is 0 Å². The Hall–Kier alpha value is -3.46. The maximum absolute atomic E-state index is 13.0. The van der Waals surface area contributed by atoms with Gasteiger partial charge in [-0.05, 0) is 53.8 Å². The maximum atomic E-state index is 13.0. The van der Waals surface area contributed by atoms with Crippen LogP contribution >= 0.6 is 0 Å². The largest absolute Gasteiger partial charge is 0.493 e. The molecule has 200 valence electrons. The quantitative estimate of drug-likeness (QED) is 0.377. The number of pyridine rings is 1. The number of benzene rings is 2. The Morgan fingerprint density at radius 3 is 2.58 bits per heavy atom. The van der Waals surface area contributed by atoms with Gasteiger partial charge >= 0.3 is 0 Å². The van der Waals surface area contributed by atoms with Crippen LogP contribution in [-0.2, 0) is 11.3 Å². The van der Waals surface area contributed by atoms with Gasteiger partial charge in [-0.2, -0.15) is 0 Å². The van der Waals surface area contributed by atoms with E-state index in [9.17, 15) is 9.90 Å². The summed E-state index contributed by atoms with van der Waals surface area (Å²) in [6.07, 6.45) is 3.02. The molecule has 0 spiro atoms. The van der Waals surface area contributed by atoms with Crippen LogP contribution in [0.5, 0.6) is 11.5 Å². The van der Waals surface area contributed by atoms with Crippen LogP contribution in [-0.4, -0.2) is 65.5 Å². The van der Waals surface area contributed by atoms with Crippen LogP contribution in [0.2, 0.25) is 0 Å². The fourth-order valence-corrected chi connectivity index (χ4v) is 4.71. The van der Waals surface area contributed by atoms with E-state index in [-0.39, 0.29) is 37.7 Å². The Morgan fingerprint density at radius 2 is 1.87 bits per heavy atom. The maximum Gasteiger partial charge on any atom is 0.272 e. The number of aliphatic hydroxyl groups excluding tert-OH is 2. The molecule has 1 aromatic heterocycles. The number of likely N-dealkylation sites (tertiary alicyclic amines) is 1. The lowest BCUT2D eigenvalue weighted by Gasteiger charge is -2.39. The fourth-order valence-electron chi connectivity index (χ4n) is 4.71. The number of carbonyl (C=O) groups is 1. The third kappa shape index (κ3) is 6.15. The Kier molecular flexibility index (Phi) is 8.22. The van der Waals surface area contributed by atoms with Crippen LogP contribution in [0, 0.1) is 5.92 Å². The molecule has 0 bridgehead atoms. The van der Waals surface area contributed by atoms with Crippen molar-refractivity contribution < 1.29 is 29.2 Å². The molecule has 1 aliphatic carbocycles. The van der Waals surface area contributed by atoms with E-state index in [1.54, 1.807) is 30.3 Å². The van der Waals surface area contributed by atoms with Crippen molar-refractivity contribution in [1.29, 1.82) is 0 Å². The van der Waals surface area contributed by atoms with Crippen LogP contribution in [0.3, 0.4) is 0 Å². The van der Waals surface area contributed by atoms with Gasteiger partial charge in [0.25, 0.3) is 5.91 Å². The van der Waals surface area contributed by atoms with Crippen molar-refractivity contribution >= 4 is 5.91 Å². The highest BCUT2D eigenvalue weighted by Crippen LogP contribution is 2.45. The van der Waals surface area contributed by atoms with E-state index in [4.69, 9.17) is 19.3 Å². The average Bonchev–Trinajstić information content (AvgIpc) is 3.77. The Labute approximate surface area is 222 Å². The summed E-state index contributed by atoms with van der Waals surface area (Å²) in [5, 5.41) is 18.3. The second-order valence-electron chi connectivity index (χ2n) is 10.0. The van der Waals surface area contributed by atoms with Gasteiger partial charge in [-0.3, -0.25) is 9.78 Å². The number of hydrogen-bond acceptors (Lipinski definition) is 7. The molecule has 0 radical (unpaired) electrons. The van der Waals surface area contributed by atoms with E-state index in [0.29, 0.717) is 30.5 Å². The molecule has 1 unspecified atom stereocenters. The molecule has 2 atom stereocenters. The van der Waals surface area contributed by atoms with Crippen molar-refractivity contribution in [3.05, 3.63) is 89.2 Å². The lowest BCUT2D eigenvalue weighted by molar-refractivity contribution is -0.0000165. The molecule has 1 saturated heterocycles. The first-order valence-corrected chi connectivity index (χ1v) is 13.1. The zero-order valence-electron chi connectivity index (χ0n) is 21.5. The van der Waals surface area contributed by atoms with Gasteiger partial charge in [-0.15, -0.1) is 0 Å². The van der Waals surface area contributed by atoms with Crippen LogP contribution in [0.15, 0.2) is 66.9 Å². The second kappa shape index (κ2) is 11.9. The number of ether oxygens (including phenoxy) is 3. The summed E-state index contributed by atoms with van der Waals surface area (Å²) in [7, 11) is 1.66. The number of methoxy groups -OCH3 is 1. The highest BCUT2D eigenvalue weighted by atomic mass is 16.5. The van der Waals surface area contributed by atoms with Gasteiger partial charge in [-0.25, -0.2) is 0 Å². The van der Waals surface area contributed by atoms with Gasteiger partial charge in [-0.1, -0.05) is 36.4 Å². The minimum Gasteiger partial charge on any atom is -0.493 e. The van der Waals surface area contributed by atoms with Crippen molar-refractivity contribution in [3.8, 4) is 11.5 Å². The number of rotatable bonds is 12. The van der Waals surface area contributed by atoms with E-state index in [1.165, 1.54) is 18.4 Å². The summed E-state index contributed by atoms with van der Waals surface area (Å²) >= 11 is 0. The molecule has 2 heterocycles. The van der Waals surface area contributed by atoms with Gasteiger partial charge in [0.1, 0.15) is 17.9 Å². The Bertz CT molecular complexity index is 1230. The normalized spacial score (nSPS) is 17.0. The molecule has 5 rings (SSSR count). The zero-order valence-corrected chi connectivity index (χ0v) is 21.5. The monoisotopic (exact) mass is 518 g/mol. The second-order valence-corrected chi connectivity index (χ2v) is 10.0. The van der Waals surface area contributed by atoms with Crippen molar-refractivity contribution in [3.63, 3.8) is 0 Å². The molecule has 2 aliphatic rings. The van der Waals surface area contributed by atoms with Crippen LogP contribution in [0.25, 0.3) is 0 Å². The fraction of sp³-hybridized carbons (Fsp3) is 0.400. The highest BCUT2D eigenvalue weighted by molar-refractivity contribution is 5.93. The van der Waals surface area contributed by atoms with E-state index in [0.717, 1.165) is 16.9 Å². The van der Waals surface area contributed by atoms with E-state index in [1.807, 2.05) is 30.3 Å². The Balaban J connectivity index is 1.19. The highest BCUT2D eigenvalue weighted by Gasteiger charge is 2.36. The van der Waals surface area contributed by atoms with Crippen molar-refractivity contribution in [2.75, 3.05) is 33.4 Å². The van der Waals surface area contributed by atoms with E-state index < -0.39 is 6.10 Å². The summed E-state index contributed by atoms with van der Waals surface area (Å²) in [6.45, 7) is 1.09. The number of carbonyl (C=O) groups excluding carboxylic acids is 1. The molecule has 8 nitrogen and oxygen atoms in total. The first-order valence-electron chi connectivity index (χ1n) is 13.1. The summed E-state index contributed by atoms with van der Waals surface area (Å²) < 4.78 is 17.6. The standard InChI is InChI=1S/C30H34N2O6/c1-36-28-14-23(9-10-27(28)38-29(22-7-8-22)21-5-3-2-4-6-21)24-15-32(16-24)30(35)26-13-20(11-12-31-26)18-37-19-25(34)17-33/h2-6,9-14,22,24-25,29,33-34H,7-8,15-19H2,1H3/t25-,29?/m0/s1. The molecular weight excluding hydrogens is 484 g/mol. The zero-order chi connectivity index (χ0) is 26.5. The molecule has 2 aromatic carbocycles. The van der Waals surface area contributed by atoms with Crippen LogP contribution in [0.1, 0.15) is 52.0 Å². The molecule has 1 amide bonds. The predicted molar refractivity (Wildman–Crippen MR) is 141 cm³/mol.